The molecule has 0 fully saturated rings. The average Bonchev–Trinajstić information content (AvgIpc) is 3.24. The first kappa shape index (κ1) is 23.3. The van der Waals surface area contributed by atoms with Gasteiger partial charge in [-0.15, -0.1) is 0 Å². The minimum absolute atomic E-state index is 0.363. The lowest BCUT2D eigenvalue weighted by atomic mass is 9.77. The van der Waals surface area contributed by atoms with Gasteiger partial charge in [-0.25, -0.2) is 9.48 Å². The molecule has 0 saturated heterocycles. The van der Waals surface area contributed by atoms with Crippen LogP contribution in [0.5, 0.6) is 0 Å². The molecule has 0 aliphatic rings. The first-order valence-electron chi connectivity index (χ1n) is 12.0. The topological polar surface area (TPSA) is 44.1 Å². The normalized spacial score (nSPS) is 11.3. The second-order valence-electron chi connectivity index (χ2n) is 8.80. The maximum Gasteiger partial charge on any atom is 0.338 e. The summed E-state index contributed by atoms with van der Waals surface area (Å²) in [7, 11) is 1.41. The Balaban J connectivity index is 1.89. The quantitative estimate of drug-likeness (QED) is 0.202. The molecule has 1 heterocycles. The first-order chi connectivity index (χ1) is 17.6. The van der Waals surface area contributed by atoms with Crippen LogP contribution >= 0.6 is 0 Å². The number of carbonyl (C=O) groups is 1. The zero-order valence-electron chi connectivity index (χ0n) is 20.7. The third-order valence-corrected chi connectivity index (χ3v) is 6.79. The Morgan fingerprint density at radius 3 is 1.61 bits per heavy atom. The van der Waals surface area contributed by atoms with Crippen LogP contribution in [0.25, 0.3) is 11.1 Å². The van der Waals surface area contributed by atoms with E-state index in [1.54, 1.807) is 6.07 Å². The Bertz CT molecular complexity index is 1390. The zero-order chi connectivity index (χ0) is 25.1. The van der Waals surface area contributed by atoms with Gasteiger partial charge in [-0.05, 0) is 42.2 Å². The van der Waals surface area contributed by atoms with Crippen molar-refractivity contribution in [1.29, 1.82) is 0 Å². The molecule has 178 valence electrons. The maximum absolute atomic E-state index is 12.6. The molecule has 0 saturated carbocycles. The van der Waals surface area contributed by atoms with Crippen molar-refractivity contribution in [2.75, 3.05) is 7.11 Å². The molecule has 4 nitrogen and oxygen atoms in total. The summed E-state index contributed by atoms with van der Waals surface area (Å²) in [5.41, 5.74) is 6.64. The standard InChI is InChI=1S/C32H28N2O2/c1-23-30(28-21-13-14-22-29(28)31(35)36-3)24(2)34(33-23)32(25-15-7-4-8-16-25,26-17-9-5-10-18-26)27-19-11-6-12-20-27/h4-22H,1-3H3. The largest absolute Gasteiger partial charge is 0.465 e. The summed E-state index contributed by atoms with van der Waals surface area (Å²) in [5, 5.41) is 5.18. The average molecular weight is 473 g/mol. The van der Waals surface area contributed by atoms with Crippen LogP contribution in [0.1, 0.15) is 38.4 Å². The van der Waals surface area contributed by atoms with Crippen LogP contribution in [0.15, 0.2) is 115 Å². The number of esters is 1. The van der Waals surface area contributed by atoms with E-state index in [9.17, 15) is 4.79 Å². The molecule has 36 heavy (non-hydrogen) atoms. The second kappa shape index (κ2) is 9.67. The molecule has 0 unspecified atom stereocenters. The van der Waals surface area contributed by atoms with Crippen molar-refractivity contribution in [2.45, 2.75) is 19.4 Å². The van der Waals surface area contributed by atoms with E-state index < -0.39 is 5.54 Å². The molecule has 4 heteroatoms. The second-order valence-corrected chi connectivity index (χ2v) is 8.80. The van der Waals surface area contributed by atoms with Gasteiger partial charge in [0.05, 0.1) is 18.4 Å². The number of rotatable bonds is 6. The number of benzene rings is 4. The summed E-state index contributed by atoms with van der Waals surface area (Å²) in [6, 6.07) is 38.9. The van der Waals surface area contributed by atoms with Crippen LogP contribution in [0.4, 0.5) is 0 Å². The van der Waals surface area contributed by atoms with Crippen LogP contribution < -0.4 is 0 Å². The van der Waals surface area contributed by atoms with Crippen molar-refractivity contribution in [3.05, 3.63) is 149 Å². The summed E-state index contributed by atoms with van der Waals surface area (Å²) in [6.07, 6.45) is 0. The maximum atomic E-state index is 12.6. The molecule has 0 atom stereocenters. The molecular weight excluding hydrogens is 444 g/mol. The molecule has 0 radical (unpaired) electrons. The predicted octanol–water partition coefficient (Wildman–Crippen LogP) is 6.79. The van der Waals surface area contributed by atoms with Crippen molar-refractivity contribution in [3.63, 3.8) is 0 Å². The van der Waals surface area contributed by atoms with Gasteiger partial charge in [0.2, 0.25) is 0 Å². The van der Waals surface area contributed by atoms with E-state index in [0.717, 1.165) is 39.2 Å². The fourth-order valence-electron chi connectivity index (χ4n) is 5.25. The SMILES string of the molecule is COC(=O)c1ccccc1-c1c(C)nn(C(c2ccccc2)(c2ccccc2)c2ccccc2)c1C. The van der Waals surface area contributed by atoms with E-state index in [4.69, 9.17) is 9.84 Å². The van der Waals surface area contributed by atoms with E-state index in [1.807, 2.05) is 43.3 Å². The fourth-order valence-corrected chi connectivity index (χ4v) is 5.25. The predicted molar refractivity (Wildman–Crippen MR) is 143 cm³/mol. The van der Waals surface area contributed by atoms with Crippen molar-refractivity contribution < 1.29 is 9.53 Å². The Hall–Kier alpha value is -4.44. The molecule has 0 aliphatic heterocycles. The molecule has 0 spiro atoms. The lowest BCUT2D eigenvalue weighted by molar-refractivity contribution is 0.0601. The third kappa shape index (κ3) is 3.72. The van der Waals surface area contributed by atoms with Crippen molar-refractivity contribution in [1.82, 2.24) is 9.78 Å². The van der Waals surface area contributed by atoms with Crippen LogP contribution in [0, 0.1) is 13.8 Å². The number of carbonyl (C=O) groups excluding carboxylic acids is 1. The van der Waals surface area contributed by atoms with Gasteiger partial charge in [0.1, 0.15) is 5.54 Å². The Kier molecular flexibility index (Phi) is 6.26. The minimum atomic E-state index is -0.725. The summed E-state index contributed by atoms with van der Waals surface area (Å²) in [5.74, 6) is -0.363. The highest BCUT2D eigenvalue weighted by Gasteiger charge is 2.41. The number of methoxy groups -OCH3 is 1. The van der Waals surface area contributed by atoms with Crippen LogP contribution in [-0.4, -0.2) is 22.9 Å². The summed E-state index contributed by atoms with van der Waals surface area (Å²) in [4.78, 5) is 12.6. The Labute approximate surface area is 211 Å². The fraction of sp³-hybridized carbons (Fsp3) is 0.125. The number of hydrogen-bond donors (Lipinski definition) is 0. The monoisotopic (exact) mass is 472 g/mol. The van der Waals surface area contributed by atoms with Gasteiger partial charge in [0, 0.05) is 11.3 Å². The molecule has 1 aromatic heterocycles. The molecule has 0 bridgehead atoms. The van der Waals surface area contributed by atoms with Gasteiger partial charge in [0.25, 0.3) is 0 Å². The third-order valence-electron chi connectivity index (χ3n) is 6.79. The number of aromatic nitrogens is 2. The van der Waals surface area contributed by atoms with Gasteiger partial charge >= 0.3 is 5.97 Å². The lowest BCUT2D eigenvalue weighted by Crippen LogP contribution is -2.39. The van der Waals surface area contributed by atoms with Gasteiger partial charge < -0.3 is 4.74 Å². The number of nitrogens with zero attached hydrogens (tertiary/aromatic N) is 2. The summed E-state index contributed by atoms with van der Waals surface area (Å²) >= 11 is 0. The summed E-state index contributed by atoms with van der Waals surface area (Å²) in [6.45, 7) is 4.07. The minimum Gasteiger partial charge on any atom is -0.465 e. The molecule has 4 aromatic carbocycles. The number of aryl methyl sites for hydroxylation is 1. The Morgan fingerprint density at radius 2 is 1.14 bits per heavy atom. The van der Waals surface area contributed by atoms with Crippen LogP contribution in [0.3, 0.4) is 0 Å². The molecule has 0 aliphatic carbocycles. The van der Waals surface area contributed by atoms with Crippen LogP contribution in [-0.2, 0) is 10.3 Å². The van der Waals surface area contributed by atoms with Gasteiger partial charge in [-0.3, -0.25) is 0 Å². The highest BCUT2D eigenvalue weighted by molar-refractivity contribution is 5.98. The highest BCUT2D eigenvalue weighted by atomic mass is 16.5. The van der Waals surface area contributed by atoms with Gasteiger partial charge in [0.15, 0.2) is 0 Å². The van der Waals surface area contributed by atoms with E-state index in [-0.39, 0.29) is 5.97 Å². The van der Waals surface area contributed by atoms with Gasteiger partial charge in [-0.1, -0.05) is 109 Å². The lowest BCUT2D eigenvalue weighted by Gasteiger charge is -2.37. The van der Waals surface area contributed by atoms with Crippen molar-refractivity contribution in [2.24, 2.45) is 0 Å². The zero-order valence-corrected chi connectivity index (χ0v) is 20.7. The van der Waals surface area contributed by atoms with E-state index in [1.165, 1.54) is 7.11 Å². The molecule has 5 rings (SSSR count). The summed E-state index contributed by atoms with van der Waals surface area (Å²) < 4.78 is 7.21. The molecular formula is C32H28N2O2. The highest BCUT2D eigenvalue weighted by Crippen LogP contribution is 2.43. The van der Waals surface area contributed by atoms with Crippen LogP contribution in [0.2, 0.25) is 0 Å². The van der Waals surface area contributed by atoms with Crippen molar-refractivity contribution in [3.8, 4) is 11.1 Å². The smallest absolute Gasteiger partial charge is 0.338 e. The number of ether oxygens (including phenoxy) is 1. The van der Waals surface area contributed by atoms with E-state index >= 15 is 0 Å². The van der Waals surface area contributed by atoms with Crippen molar-refractivity contribution >= 4 is 5.97 Å². The Morgan fingerprint density at radius 1 is 0.694 bits per heavy atom. The number of hydrogen-bond acceptors (Lipinski definition) is 3. The molecule has 0 N–H and O–H groups in total. The first-order valence-corrected chi connectivity index (χ1v) is 12.0. The van der Waals surface area contributed by atoms with E-state index in [0.29, 0.717) is 5.56 Å². The molecule has 0 amide bonds. The van der Waals surface area contributed by atoms with Gasteiger partial charge in [-0.2, -0.15) is 5.10 Å². The van der Waals surface area contributed by atoms with E-state index in [2.05, 4.69) is 84.4 Å². The molecule has 5 aromatic rings.